The van der Waals surface area contributed by atoms with Gasteiger partial charge in [0, 0.05) is 19.0 Å². The minimum Gasteiger partial charge on any atom is -0.493 e. The van der Waals surface area contributed by atoms with Gasteiger partial charge in [0.1, 0.15) is 5.75 Å². The van der Waals surface area contributed by atoms with Crippen LogP contribution in [-0.4, -0.2) is 31.2 Å². The Morgan fingerprint density at radius 3 is 3.00 bits per heavy atom. The van der Waals surface area contributed by atoms with Gasteiger partial charge in [-0.3, -0.25) is 0 Å². The molecule has 0 saturated heterocycles. The van der Waals surface area contributed by atoms with Crippen LogP contribution >= 0.6 is 0 Å². The number of aliphatic hydroxyl groups is 1. The molecule has 5 nitrogen and oxygen atoms in total. The molecule has 0 radical (unpaired) electrons. The van der Waals surface area contributed by atoms with E-state index in [2.05, 4.69) is 0 Å². The highest BCUT2D eigenvalue weighted by Crippen LogP contribution is 2.35. The van der Waals surface area contributed by atoms with Crippen LogP contribution in [0.2, 0.25) is 0 Å². The summed E-state index contributed by atoms with van der Waals surface area (Å²) in [6.07, 6.45) is 0.0132. The Morgan fingerprint density at radius 1 is 1.38 bits per heavy atom. The Balaban J connectivity index is 1.86. The van der Waals surface area contributed by atoms with Crippen LogP contribution < -0.4 is 19.9 Å². The van der Waals surface area contributed by atoms with Crippen molar-refractivity contribution in [1.82, 2.24) is 0 Å². The summed E-state index contributed by atoms with van der Waals surface area (Å²) in [7, 11) is 0. The van der Waals surface area contributed by atoms with E-state index in [0.29, 0.717) is 24.5 Å². The fourth-order valence-electron chi connectivity index (χ4n) is 1.40. The standard InChI is InChI=1S/C11H15NO4/c12-6-8(13)3-4-14-9-1-2-10-11(5-9)16-7-15-10/h1-2,5,8,13H,3-4,6-7,12H2. The molecule has 1 atom stereocenters. The first-order valence-corrected chi connectivity index (χ1v) is 5.20. The van der Waals surface area contributed by atoms with E-state index >= 15 is 0 Å². The maximum Gasteiger partial charge on any atom is 0.231 e. The fraction of sp³-hybridized carbons (Fsp3) is 0.455. The van der Waals surface area contributed by atoms with Crippen LogP contribution in [0, 0.1) is 0 Å². The summed E-state index contributed by atoms with van der Waals surface area (Å²) in [5, 5.41) is 9.24. The van der Waals surface area contributed by atoms with Crippen molar-refractivity contribution in [1.29, 1.82) is 0 Å². The number of hydrogen-bond acceptors (Lipinski definition) is 5. The fourth-order valence-corrected chi connectivity index (χ4v) is 1.40. The van der Waals surface area contributed by atoms with Gasteiger partial charge >= 0.3 is 0 Å². The lowest BCUT2D eigenvalue weighted by Gasteiger charge is -2.09. The third kappa shape index (κ3) is 2.56. The summed E-state index contributed by atoms with van der Waals surface area (Å²) < 4.78 is 15.8. The van der Waals surface area contributed by atoms with E-state index in [0.717, 1.165) is 5.75 Å². The molecule has 0 bridgehead atoms. The van der Waals surface area contributed by atoms with Crippen molar-refractivity contribution >= 4 is 0 Å². The average molecular weight is 225 g/mol. The molecule has 1 unspecified atom stereocenters. The number of rotatable bonds is 5. The van der Waals surface area contributed by atoms with Gasteiger partial charge < -0.3 is 25.1 Å². The zero-order valence-electron chi connectivity index (χ0n) is 8.89. The molecule has 0 spiro atoms. The molecule has 0 fully saturated rings. The highest BCUT2D eigenvalue weighted by Gasteiger charge is 2.13. The Labute approximate surface area is 93.7 Å². The van der Waals surface area contributed by atoms with Crippen LogP contribution in [0.5, 0.6) is 17.2 Å². The van der Waals surface area contributed by atoms with Crippen molar-refractivity contribution in [3.8, 4) is 17.2 Å². The molecule has 5 heteroatoms. The van der Waals surface area contributed by atoms with Crippen LogP contribution in [0.4, 0.5) is 0 Å². The number of aliphatic hydroxyl groups excluding tert-OH is 1. The molecule has 2 rings (SSSR count). The van der Waals surface area contributed by atoms with E-state index in [1.165, 1.54) is 0 Å². The van der Waals surface area contributed by atoms with Crippen LogP contribution in [0.1, 0.15) is 6.42 Å². The van der Waals surface area contributed by atoms with E-state index in [1.54, 1.807) is 12.1 Å². The van der Waals surface area contributed by atoms with Gasteiger partial charge in [-0.15, -0.1) is 0 Å². The van der Waals surface area contributed by atoms with Crippen molar-refractivity contribution in [2.75, 3.05) is 19.9 Å². The Morgan fingerprint density at radius 2 is 2.19 bits per heavy atom. The third-order valence-corrected chi connectivity index (χ3v) is 2.34. The molecule has 0 amide bonds. The number of fused-ring (bicyclic) bond motifs is 1. The molecule has 3 N–H and O–H groups in total. The quantitative estimate of drug-likeness (QED) is 0.763. The summed E-state index contributed by atoms with van der Waals surface area (Å²) in [5.74, 6) is 2.12. The zero-order chi connectivity index (χ0) is 11.4. The van der Waals surface area contributed by atoms with Crippen molar-refractivity contribution in [2.24, 2.45) is 5.73 Å². The predicted molar refractivity (Wildman–Crippen MR) is 57.7 cm³/mol. The van der Waals surface area contributed by atoms with Gasteiger partial charge in [0.15, 0.2) is 11.5 Å². The van der Waals surface area contributed by atoms with Crippen LogP contribution in [0.3, 0.4) is 0 Å². The Bertz CT molecular complexity index is 356. The number of ether oxygens (including phenoxy) is 3. The number of nitrogens with two attached hydrogens (primary N) is 1. The van der Waals surface area contributed by atoms with Crippen LogP contribution in [-0.2, 0) is 0 Å². The van der Waals surface area contributed by atoms with Gasteiger partial charge in [-0.1, -0.05) is 0 Å². The van der Waals surface area contributed by atoms with Gasteiger partial charge in [0.05, 0.1) is 12.7 Å². The predicted octanol–water partition coefficient (Wildman–Crippen LogP) is 0.504. The lowest BCUT2D eigenvalue weighted by Crippen LogP contribution is -2.21. The van der Waals surface area contributed by atoms with Crippen molar-refractivity contribution in [3.05, 3.63) is 18.2 Å². The number of benzene rings is 1. The summed E-state index contributed by atoms with van der Waals surface area (Å²) >= 11 is 0. The van der Waals surface area contributed by atoms with Crippen molar-refractivity contribution in [2.45, 2.75) is 12.5 Å². The third-order valence-electron chi connectivity index (χ3n) is 2.34. The van der Waals surface area contributed by atoms with Crippen molar-refractivity contribution in [3.63, 3.8) is 0 Å². The normalized spacial score (nSPS) is 14.9. The molecular formula is C11H15NO4. The SMILES string of the molecule is NCC(O)CCOc1ccc2c(c1)OCO2. The molecule has 1 aromatic rings. The zero-order valence-corrected chi connectivity index (χ0v) is 8.89. The van der Waals surface area contributed by atoms with Gasteiger partial charge in [0.2, 0.25) is 6.79 Å². The second kappa shape index (κ2) is 5.05. The monoisotopic (exact) mass is 225 g/mol. The summed E-state index contributed by atoms with van der Waals surface area (Å²) in [4.78, 5) is 0. The van der Waals surface area contributed by atoms with Gasteiger partial charge in [-0.25, -0.2) is 0 Å². The first kappa shape index (κ1) is 11.0. The Kier molecular flexibility index (Phi) is 3.48. The first-order chi connectivity index (χ1) is 7.79. The van der Waals surface area contributed by atoms with E-state index < -0.39 is 6.10 Å². The number of hydrogen-bond donors (Lipinski definition) is 2. The molecule has 88 valence electrons. The van der Waals surface area contributed by atoms with Crippen molar-refractivity contribution < 1.29 is 19.3 Å². The second-order valence-corrected chi connectivity index (χ2v) is 3.54. The summed E-state index contributed by atoms with van der Waals surface area (Å²) in [6.45, 7) is 0.938. The van der Waals surface area contributed by atoms with Crippen LogP contribution in [0.25, 0.3) is 0 Å². The van der Waals surface area contributed by atoms with Gasteiger partial charge in [-0.2, -0.15) is 0 Å². The highest BCUT2D eigenvalue weighted by molar-refractivity contribution is 5.46. The van der Waals surface area contributed by atoms with E-state index in [1.807, 2.05) is 6.07 Å². The Hall–Kier alpha value is -1.46. The summed E-state index contributed by atoms with van der Waals surface area (Å²) in [6, 6.07) is 5.39. The first-order valence-electron chi connectivity index (χ1n) is 5.20. The minimum absolute atomic E-state index is 0.254. The lowest BCUT2D eigenvalue weighted by atomic mass is 10.2. The van der Waals surface area contributed by atoms with Gasteiger partial charge in [-0.05, 0) is 12.1 Å². The van der Waals surface area contributed by atoms with Gasteiger partial charge in [0.25, 0.3) is 0 Å². The molecular weight excluding hydrogens is 210 g/mol. The lowest BCUT2D eigenvalue weighted by molar-refractivity contribution is 0.146. The van der Waals surface area contributed by atoms with E-state index in [9.17, 15) is 5.11 Å². The molecule has 0 aliphatic carbocycles. The molecule has 1 aliphatic heterocycles. The second-order valence-electron chi connectivity index (χ2n) is 3.54. The van der Waals surface area contributed by atoms with Crippen LogP contribution in [0.15, 0.2) is 18.2 Å². The molecule has 0 saturated carbocycles. The van der Waals surface area contributed by atoms with E-state index in [-0.39, 0.29) is 13.3 Å². The average Bonchev–Trinajstić information content (AvgIpc) is 2.76. The largest absolute Gasteiger partial charge is 0.493 e. The smallest absolute Gasteiger partial charge is 0.231 e. The summed E-state index contributed by atoms with van der Waals surface area (Å²) in [5.41, 5.74) is 5.28. The molecule has 0 aromatic heterocycles. The highest BCUT2D eigenvalue weighted by atomic mass is 16.7. The molecule has 1 aromatic carbocycles. The maximum atomic E-state index is 9.24. The van der Waals surface area contributed by atoms with E-state index in [4.69, 9.17) is 19.9 Å². The molecule has 16 heavy (non-hydrogen) atoms. The minimum atomic E-state index is -0.506. The molecule has 1 heterocycles. The maximum absolute atomic E-state index is 9.24. The topological polar surface area (TPSA) is 73.9 Å². The molecule has 1 aliphatic rings.